The third-order valence-electron chi connectivity index (χ3n) is 5.54. The molecule has 2 aromatic rings. The van der Waals surface area contributed by atoms with Crippen molar-refractivity contribution >= 4 is 29.9 Å². The molecule has 28 heavy (non-hydrogen) atoms. The van der Waals surface area contributed by atoms with Gasteiger partial charge in [-0.2, -0.15) is 5.10 Å². The van der Waals surface area contributed by atoms with Crippen molar-refractivity contribution in [3.8, 4) is 0 Å². The van der Waals surface area contributed by atoms with E-state index >= 15 is 0 Å². The van der Waals surface area contributed by atoms with Gasteiger partial charge in [0.15, 0.2) is 11.8 Å². The lowest BCUT2D eigenvalue weighted by molar-refractivity contribution is 0.493. The Morgan fingerprint density at radius 1 is 1.29 bits per heavy atom. The van der Waals surface area contributed by atoms with E-state index in [4.69, 9.17) is 5.10 Å². The Hall–Kier alpha value is -1.65. The van der Waals surface area contributed by atoms with E-state index in [2.05, 4.69) is 55.1 Å². The van der Waals surface area contributed by atoms with Gasteiger partial charge in [-0.3, -0.25) is 9.67 Å². The first-order valence-electron chi connectivity index (χ1n) is 10.1. The summed E-state index contributed by atoms with van der Waals surface area (Å²) in [6.45, 7) is 6.01. The van der Waals surface area contributed by atoms with Crippen molar-refractivity contribution in [2.75, 3.05) is 7.05 Å². The van der Waals surface area contributed by atoms with Crippen molar-refractivity contribution < 1.29 is 0 Å². The van der Waals surface area contributed by atoms with Crippen LogP contribution in [0.25, 0.3) is 0 Å². The second-order valence-electron chi connectivity index (χ2n) is 7.83. The molecule has 1 aliphatic carbocycles. The smallest absolute Gasteiger partial charge is 0.191 e. The van der Waals surface area contributed by atoms with Crippen molar-refractivity contribution in [2.24, 2.45) is 4.99 Å². The summed E-state index contributed by atoms with van der Waals surface area (Å²) in [6, 6.07) is 0.761. The molecule has 2 aromatic heterocycles. The number of nitrogens with one attached hydrogen (secondary N) is 2. The average Bonchev–Trinajstić information content (AvgIpc) is 3.29. The molecule has 2 N–H and O–H groups in total. The van der Waals surface area contributed by atoms with Crippen LogP contribution in [-0.2, 0) is 32.4 Å². The maximum Gasteiger partial charge on any atom is 0.191 e. The molecule has 0 saturated carbocycles. The van der Waals surface area contributed by atoms with Gasteiger partial charge in [-0.25, -0.2) is 0 Å². The highest BCUT2D eigenvalue weighted by atomic mass is 127. The van der Waals surface area contributed by atoms with Crippen molar-refractivity contribution in [3.63, 3.8) is 0 Å². The lowest BCUT2D eigenvalue weighted by atomic mass is 9.94. The maximum atomic E-state index is 4.76. The molecule has 0 fully saturated rings. The fourth-order valence-corrected chi connectivity index (χ4v) is 3.95. The molecule has 0 aromatic carbocycles. The molecule has 8 nitrogen and oxygen atoms in total. The predicted molar refractivity (Wildman–Crippen MR) is 120 cm³/mol. The van der Waals surface area contributed by atoms with Crippen LogP contribution in [0.5, 0.6) is 0 Å². The highest BCUT2D eigenvalue weighted by Gasteiger charge is 2.23. The van der Waals surface area contributed by atoms with Crippen LogP contribution in [0.3, 0.4) is 0 Å². The summed E-state index contributed by atoms with van der Waals surface area (Å²) >= 11 is 0. The number of guanidine groups is 1. The highest BCUT2D eigenvalue weighted by Crippen LogP contribution is 2.21. The van der Waals surface area contributed by atoms with Crippen LogP contribution in [0.15, 0.2) is 11.2 Å². The molecule has 0 saturated heterocycles. The number of hydrogen-bond acceptors (Lipinski definition) is 4. The van der Waals surface area contributed by atoms with Crippen LogP contribution in [0.4, 0.5) is 0 Å². The molecular formula is C19H31IN8. The maximum absolute atomic E-state index is 4.76. The Morgan fingerprint density at radius 3 is 2.93 bits per heavy atom. The summed E-state index contributed by atoms with van der Waals surface area (Å²) in [7, 11) is 1.82. The molecule has 0 bridgehead atoms. The van der Waals surface area contributed by atoms with Crippen LogP contribution in [0.1, 0.15) is 62.1 Å². The zero-order chi connectivity index (χ0) is 18.8. The summed E-state index contributed by atoms with van der Waals surface area (Å²) in [6.07, 6.45) is 8.76. The molecular weight excluding hydrogens is 467 g/mol. The molecule has 1 unspecified atom stereocenters. The van der Waals surface area contributed by atoms with Crippen LogP contribution < -0.4 is 10.6 Å². The first-order valence-corrected chi connectivity index (χ1v) is 10.1. The number of aromatic nitrogens is 5. The fraction of sp³-hybridized carbons (Fsp3) is 0.684. The quantitative estimate of drug-likeness (QED) is 0.384. The normalized spacial score (nSPS) is 19.0. The average molecular weight is 498 g/mol. The van der Waals surface area contributed by atoms with E-state index in [1.807, 2.05) is 7.05 Å². The number of nitrogens with zero attached hydrogens (tertiary/aromatic N) is 6. The molecule has 1 aliphatic heterocycles. The molecule has 0 radical (unpaired) electrons. The van der Waals surface area contributed by atoms with Gasteiger partial charge in [-0.15, -0.1) is 34.2 Å². The Labute approximate surface area is 183 Å². The van der Waals surface area contributed by atoms with Gasteiger partial charge in [0, 0.05) is 44.7 Å². The minimum Gasteiger partial charge on any atom is -0.353 e. The highest BCUT2D eigenvalue weighted by molar-refractivity contribution is 14.0. The number of aliphatic imine (C=N–C) groups is 1. The zero-order valence-corrected chi connectivity index (χ0v) is 19.3. The third-order valence-corrected chi connectivity index (χ3v) is 5.54. The topological polar surface area (TPSA) is 85.0 Å². The Balaban J connectivity index is 0.00000225. The van der Waals surface area contributed by atoms with E-state index in [0.29, 0.717) is 18.6 Å². The monoisotopic (exact) mass is 498 g/mol. The number of hydrogen-bond donors (Lipinski definition) is 2. The van der Waals surface area contributed by atoms with E-state index in [9.17, 15) is 0 Å². The van der Waals surface area contributed by atoms with E-state index in [-0.39, 0.29) is 24.0 Å². The number of rotatable bonds is 4. The van der Waals surface area contributed by atoms with Crippen LogP contribution in [0.2, 0.25) is 0 Å². The molecule has 1 atom stereocenters. The molecule has 9 heteroatoms. The van der Waals surface area contributed by atoms with E-state index in [1.165, 1.54) is 24.1 Å². The lowest BCUT2D eigenvalue weighted by Gasteiger charge is -2.24. The third kappa shape index (κ3) is 4.49. The van der Waals surface area contributed by atoms with Gasteiger partial charge in [-0.1, -0.05) is 0 Å². The van der Waals surface area contributed by atoms with Gasteiger partial charge < -0.3 is 15.2 Å². The molecule has 3 heterocycles. The minimum absolute atomic E-state index is 0. The Bertz CT molecular complexity index is 822. The summed E-state index contributed by atoms with van der Waals surface area (Å²) in [5.74, 6) is 2.93. The second-order valence-corrected chi connectivity index (χ2v) is 7.83. The first kappa shape index (κ1) is 21.1. The number of aryl methyl sites for hydroxylation is 2. The molecule has 2 aliphatic rings. The van der Waals surface area contributed by atoms with E-state index in [1.54, 1.807) is 0 Å². The summed E-state index contributed by atoms with van der Waals surface area (Å²) in [5, 5.41) is 20.4. The van der Waals surface area contributed by atoms with Crippen molar-refractivity contribution in [1.29, 1.82) is 0 Å². The Kier molecular flexibility index (Phi) is 6.95. The summed E-state index contributed by atoms with van der Waals surface area (Å²) in [5.41, 5.74) is 2.61. The molecule has 154 valence electrons. The summed E-state index contributed by atoms with van der Waals surface area (Å²) in [4.78, 5) is 4.39. The van der Waals surface area contributed by atoms with Crippen LogP contribution in [-0.4, -0.2) is 43.6 Å². The number of fused-ring (bicyclic) bond motifs is 2. The molecule has 4 rings (SSSR count). The minimum atomic E-state index is 0. The van der Waals surface area contributed by atoms with Crippen molar-refractivity contribution in [3.05, 3.63) is 29.1 Å². The van der Waals surface area contributed by atoms with Crippen molar-refractivity contribution in [2.45, 2.75) is 77.5 Å². The van der Waals surface area contributed by atoms with Crippen molar-refractivity contribution in [1.82, 2.24) is 35.2 Å². The van der Waals surface area contributed by atoms with Gasteiger partial charge in [0.1, 0.15) is 5.82 Å². The first-order chi connectivity index (χ1) is 13.1. The van der Waals surface area contributed by atoms with E-state index < -0.39 is 0 Å². The molecule has 0 amide bonds. The van der Waals surface area contributed by atoms with Crippen LogP contribution >= 0.6 is 24.0 Å². The number of halogens is 1. The van der Waals surface area contributed by atoms with Gasteiger partial charge in [0.05, 0.1) is 12.2 Å². The summed E-state index contributed by atoms with van der Waals surface area (Å²) < 4.78 is 4.32. The second kappa shape index (κ2) is 9.23. The van der Waals surface area contributed by atoms with Gasteiger partial charge in [0.2, 0.25) is 0 Å². The SMILES string of the molecule is CN=C(NCc1nnc2n1CCCC2)NC1CCc2cn(C(C)C)nc2C1.I. The van der Waals surface area contributed by atoms with Gasteiger partial charge >= 0.3 is 0 Å². The lowest BCUT2D eigenvalue weighted by Crippen LogP contribution is -2.45. The Morgan fingerprint density at radius 2 is 2.14 bits per heavy atom. The fourth-order valence-electron chi connectivity index (χ4n) is 3.95. The van der Waals surface area contributed by atoms with E-state index in [0.717, 1.165) is 49.8 Å². The van der Waals surface area contributed by atoms with Gasteiger partial charge in [-0.05, 0) is 45.1 Å². The predicted octanol–water partition coefficient (Wildman–Crippen LogP) is 2.23. The largest absolute Gasteiger partial charge is 0.353 e. The standard InChI is InChI=1S/C19H30N8.HI/c1-13(2)27-12-14-7-8-15(10-16(14)25-27)22-19(20-3)21-11-18-24-23-17-6-4-5-9-26(17)18;/h12-13,15H,4-11H2,1-3H3,(H2,20,21,22);1H. The zero-order valence-electron chi connectivity index (χ0n) is 17.0. The molecule has 0 spiro atoms. The van der Waals surface area contributed by atoms with Gasteiger partial charge in [0.25, 0.3) is 0 Å². The van der Waals surface area contributed by atoms with Crippen LogP contribution in [0, 0.1) is 0 Å².